The molecule has 1 unspecified atom stereocenters. The van der Waals surface area contributed by atoms with Crippen molar-refractivity contribution in [1.82, 2.24) is 0 Å². The molecule has 0 radical (unpaired) electrons. The predicted octanol–water partition coefficient (Wildman–Crippen LogP) is 2.44. The normalized spacial score (nSPS) is 13.2. The maximum absolute atomic E-state index is 13.0. The van der Waals surface area contributed by atoms with Crippen molar-refractivity contribution < 1.29 is 27.1 Å². The van der Waals surface area contributed by atoms with Gasteiger partial charge in [0.25, 0.3) is 0 Å². The molecule has 0 aromatic rings. The predicted molar refractivity (Wildman–Crippen MR) is 61.1 cm³/mol. The van der Waals surface area contributed by atoms with Crippen LogP contribution in [-0.2, 0) is 4.74 Å². The molecule has 8 heteroatoms. The van der Waals surface area contributed by atoms with E-state index in [0.29, 0.717) is 0 Å². The van der Waals surface area contributed by atoms with Gasteiger partial charge in [-0.3, -0.25) is 4.79 Å². The minimum Gasteiger partial charge on any atom is -0.472 e. The lowest BCUT2D eigenvalue weighted by atomic mass is 9.96. The smallest absolute Gasteiger partial charge is 0.429 e. The van der Waals surface area contributed by atoms with E-state index in [1.54, 1.807) is 0 Å². The highest BCUT2D eigenvalue weighted by Crippen LogP contribution is 2.39. The first-order chi connectivity index (χ1) is 9.30. The molecule has 0 saturated heterocycles. The van der Waals surface area contributed by atoms with Gasteiger partial charge in [0.2, 0.25) is 6.10 Å². The SMILES string of the molecule is NC(=O)OC(c1ccc(=O)c2coccc1-2)C(F)(F)F. The summed E-state index contributed by atoms with van der Waals surface area (Å²) in [7, 11) is 0. The number of benzene rings is 1. The highest BCUT2D eigenvalue weighted by atomic mass is 19.4. The summed E-state index contributed by atoms with van der Waals surface area (Å²) in [5, 5.41) is 0. The zero-order chi connectivity index (χ0) is 14.9. The van der Waals surface area contributed by atoms with Crippen molar-refractivity contribution in [3.63, 3.8) is 0 Å². The van der Waals surface area contributed by atoms with Crippen molar-refractivity contribution >= 4 is 6.09 Å². The Bertz CT molecular complexity index is 665. The van der Waals surface area contributed by atoms with Crippen LogP contribution in [0.5, 0.6) is 0 Å². The van der Waals surface area contributed by atoms with Crippen LogP contribution in [0.2, 0.25) is 0 Å². The molecule has 1 aliphatic heterocycles. The summed E-state index contributed by atoms with van der Waals surface area (Å²) in [6.45, 7) is 0. The van der Waals surface area contributed by atoms with Gasteiger partial charge in [-0.05, 0) is 17.7 Å². The molecule has 2 N–H and O–H groups in total. The molecule has 2 aliphatic rings. The van der Waals surface area contributed by atoms with Crippen molar-refractivity contribution in [3.8, 4) is 11.1 Å². The Hall–Kier alpha value is -2.51. The average Bonchev–Trinajstić information content (AvgIpc) is 2.36. The Balaban J connectivity index is 2.63. The van der Waals surface area contributed by atoms with E-state index < -0.39 is 23.8 Å². The molecule has 0 aromatic carbocycles. The van der Waals surface area contributed by atoms with E-state index in [2.05, 4.69) is 10.5 Å². The Morgan fingerprint density at radius 3 is 2.55 bits per heavy atom. The molecule has 5 nitrogen and oxygen atoms in total. The van der Waals surface area contributed by atoms with Crippen molar-refractivity contribution in [3.05, 3.63) is 46.5 Å². The molecule has 2 rings (SSSR count). The lowest BCUT2D eigenvalue weighted by Crippen LogP contribution is -2.29. The fourth-order valence-electron chi connectivity index (χ4n) is 1.81. The topological polar surface area (TPSA) is 82.5 Å². The molecule has 1 heterocycles. The summed E-state index contributed by atoms with van der Waals surface area (Å²) in [4.78, 5) is 22.2. The summed E-state index contributed by atoms with van der Waals surface area (Å²) < 4.78 is 47.8. The van der Waals surface area contributed by atoms with Crippen LogP contribution in [0.4, 0.5) is 18.0 Å². The largest absolute Gasteiger partial charge is 0.472 e. The van der Waals surface area contributed by atoms with Crippen LogP contribution in [0.15, 0.2) is 39.9 Å². The first-order valence-electron chi connectivity index (χ1n) is 5.32. The fourth-order valence-corrected chi connectivity index (χ4v) is 1.81. The lowest BCUT2D eigenvalue weighted by Gasteiger charge is -2.22. The first-order valence-corrected chi connectivity index (χ1v) is 5.32. The van der Waals surface area contributed by atoms with Gasteiger partial charge in [0.05, 0.1) is 11.8 Å². The average molecular weight is 287 g/mol. The molecule has 1 aliphatic carbocycles. The van der Waals surface area contributed by atoms with E-state index in [-0.39, 0.29) is 16.7 Å². The van der Waals surface area contributed by atoms with Gasteiger partial charge in [-0.15, -0.1) is 0 Å². The van der Waals surface area contributed by atoms with Crippen molar-refractivity contribution in [2.75, 3.05) is 0 Å². The van der Waals surface area contributed by atoms with Gasteiger partial charge in [0.1, 0.15) is 6.26 Å². The molecule has 0 bridgehead atoms. The fraction of sp³-hybridized carbons (Fsp3) is 0.167. The monoisotopic (exact) mass is 287 g/mol. The van der Waals surface area contributed by atoms with Crippen molar-refractivity contribution in [2.45, 2.75) is 12.3 Å². The van der Waals surface area contributed by atoms with E-state index in [9.17, 15) is 22.8 Å². The summed E-state index contributed by atoms with van der Waals surface area (Å²) in [6.07, 6.45) is -6.83. The Labute approximate surface area is 110 Å². The van der Waals surface area contributed by atoms with Crippen molar-refractivity contribution in [2.24, 2.45) is 5.73 Å². The third kappa shape index (κ3) is 2.58. The van der Waals surface area contributed by atoms with Crippen LogP contribution in [0.3, 0.4) is 0 Å². The minimum atomic E-state index is -4.86. The number of halogens is 3. The number of nitrogens with two attached hydrogens (primary N) is 1. The lowest BCUT2D eigenvalue weighted by molar-refractivity contribution is -0.205. The number of rotatable bonds is 2. The second kappa shape index (κ2) is 4.87. The van der Waals surface area contributed by atoms with Gasteiger partial charge in [0, 0.05) is 5.56 Å². The molecule has 0 saturated carbocycles. The number of alkyl halides is 3. The number of primary amides is 1. The van der Waals surface area contributed by atoms with Gasteiger partial charge in [-0.2, -0.15) is 13.2 Å². The van der Waals surface area contributed by atoms with Crippen LogP contribution >= 0.6 is 0 Å². The highest BCUT2D eigenvalue weighted by Gasteiger charge is 2.45. The summed E-state index contributed by atoms with van der Waals surface area (Å²) in [6, 6.07) is 3.08. The molecule has 1 amide bonds. The first kappa shape index (κ1) is 13.9. The molecular formula is C12H8F3NO4. The van der Waals surface area contributed by atoms with Gasteiger partial charge in [-0.1, -0.05) is 6.07 Å². The Morgan fingerprint density at radius 1 is 1.25 bits per heavy atom. The number of carbonyl (C=O) groups excluding carboxylic acids is 1. The summed E-state index contributed by atoms with van der Waals surface area (Å²) in [5.74, 6) is 0. The molecule has 20 heavy (non-hydrogen) atoms. The van der Waals surface area contributed by atoms with Crippen LogP contribution in [0.1, 0.15) is 11.7 Å². The third-order valence-corrected chi connectivity index (χ3v) is 2.59. The van der Waals surface area contributed by atoms with Crippen LogP contribution in [-0.4, -0.2) is 12.3 Å². The maximum atomic E-state index is 13.0. The number of carbonyl (C=O) groups is 1. The zero-order valence-electron chi connectivity index (χ0n) is 9.81. The second-order valence-electron chi connectivity index (χ2n) is 3.90. The van der Waals surface area contributed by atoms with Crippen LogP contribution < -0.4 is 11.2 Å². The standard InChI is InChI=1S/C12H8F3NO4/c13-12(14,15)10(20-11(16)18)7-1-2-9(17)8-5-19-4-3-6(7)8/h1-5,10H,(H2,16,18). The van der Waals surface area contributed by atoms with Gasteiger partial charge < -0.3 is 14.9 Å². The van der Waals surface area contributed by atoms with E-state index in [1.807, 2.05) is 0 Å². The molecule has 1 atom stereocenters. The molecule has 0 aromatic heterocycles. The van der Waals surface area contributed by atoms with Gasteiger partial charge in [-0.25, -0.2) is 4.79 Å². The van der Waals surface area contributed by atoms with Gasteiger partial charge >= 0.3 is 12.3 Å². The quantitative estimate of drug-likeness (QED) is 0.919. The summed E-state index contributed by atoms with van der Waals surface area (Å²) >= 11 is 0. The second-order valence-corrected chi connectivity index (χ2v) is 3.90. The van der Waals surface area contributed by atoms with Crippen LogP contribution in [0.25, 0.3) is 11.1 Å². The minimum absolute atomic E-state index is 0.0210. The van der Waals surface area contributed by atoms with Gasteiger partial charge in [0.15, 0.2) is 5.43 Å². The van der Waals surface area contributed by atoms with E-state index >= 15 is 0 Å². The maximum Gasteiger partial charge on any atom is 0.429 e. The summed E-state index contributed by atoms with van der Waals surface area (Å²) in [5.41, 5.74) is 3.70. The van der Waals surface area contributed by atoms with E-state index in [0.717, 1.165) is 24.7 Å². The Kier molecular flexibility index (Phi) is 3.39. The van der Waals surface area contributed by atoms with Crippen molar-refractivity contribution in [1.29, 1.82) is 0 Å². The molecular weight excluding hydrogens is 279 g/mol. The highest BCUT2D eigenvalue weighted by molar-refractivity contribution is 5.69. The number of hydrogen-bond donors (Lipinski definition) is 1. The molecule has 0 spiro atoms. The molecule has 106 valence electrons. The number of ether oxygens (including phenoxy) is 1. The van der Waals surface area contributed by atoms with E-state index in [4.69, 9.17) is 4.42 Å². The third-order valence-electron chi connectivity index (χ3n) is 2.59. The van der Waals surface area contributed by atoms with Crippen LogP contribution in [0, 0.1) is 0 Å². The number of fused-ring (bicyclic) bond motifs is 1. The number of amides is 1. The molecule has 0 fully saturated rings. The Morgan fingerprint density at radius 2 is 1.95 bits per heavy atom. The van der Waals surface area contributed by atoms with E-state index in [1.165, 1.54) is 6.07 Å². The number of hydrogen-bond acceptors (Lipinski definition) is 4. The zero-order valence-corrected chi connectivity index (χ0v) is 9.81.